The van der Waals surface area contributed by atoms with Crippen LogP contribution in [0.15, 0.2) is 27.7 Å². The lowest BCUT2D eigenvalue weighted by molar-refractivity contribution is -0.120. The molecule has 0 amide bonds. The van der Waals surface area contributed by atoms with Gasteiger partial charge in [-0.1, -0.05) is 11.6 Å². The third-order valence-corrected chi connectivity index (χ3v) is 6.39. The van der Waals surface area contributed by atoms with Crippen LogP contribution in [-0.2, 0) is 11.3 Å². The number of carbonyl (C=O) groups is 1. The number of ketones is 1. The summed E-state index contributed by atoms with van der Waals surface area (Å²) >= 11 is 10.9. The van der Waals surface area contributed by atoms with Crippen LogP contribution >= 0.6 is 39.3 Å². The van der Waals surface area contributed by atoms with Gasteiger partial charge in [-0.25, -0.2) is 4.98 Å². The van der Waals surface area contributed by atoms with Crippen LogP contribution in [0.2, 0.25) is 5.02 Å². The molecule has 5 nitrogen and oxygen atoms in total. The van der Waals surface area contributed by atoms with E-state index in [-0.39, 0.29) is 29.6 Å². The Bertz CT molecular complexity index is 826. The Morgan fingerprint density at radius 1 is 1.52 bits per heavy atom. The fourth-order valence-corrected chi connectivity index (χ4v) is 4.41. The zero-order chi connectivity index (χ0) is 16.6. The highest BCUT2D eigenvalue weighted by Gasteiger charge is 2.28. The summed E-state index contributed by atoms with van der Waals surface area (Å²) in [6.45, 7) is -0.0424. The third-order valence-electron chi connectivity index (χ3n) is 3.82. The lowest BCUT2D eigenvalue weighted by atomic mass is 10.1. The highest BCUT2D eigenvalue weighted by molar-refractivity contribution is 9.10. The van der Waals surface area contributed by atoms with E-state index in [4.69, 9.17) is 11.6 Å². The Morgan fingerprint density at radius 2 is 2.30 bits per heavy atom. The largest absolute Gasteiger partial charge is 0.392 e. The Labute approximate surface area is 150 Å². The van der Waals surface area contributed by atoms with Gasteiger partial charge in [0.25, 0.3) is 5.56 Å². The summed E-state index contributed by atoms with van der Waals surface area (Å²) < 4.78 is 1.96. The van der Waals surface area contributed by atoms with Gasteiger partial charge in [0.2, 0.25) is 0 Å². The molecule has 1 aliphatic rings. The third kappa shape index (κ3) is 3.63. The molecule has 8 heteroatoms. The minimum Gasteiger partial charge on any atom is -0.392 e. The van der Waals surface area contributed by atoms with E-state index in [1.807, 2.05) is 0 Å². The minimum atomic E-state index is -0.438. The number of aliphatic hydroxyl groups is 1. The maximum Gasteiger partial charge on any atom is 0.261 e. The van der Waals surface area contributed by atoms with Gasteiger partial charge in [0, 0.05) is 16.1 Å². The quantitative estimate of drug-likeness (QED) is 0.828. The fourth-order valence-electron chi connectivity index (χ4n) is 2.58. The molecule has 2 unspecified atom stereocenters. The van der Waals surface area contributed by atoms with Crippen molar-refractivity contribution in [1.29, 1.82) is 0 Å². The molecule has 1 N–H and O–H groups in total. The topological polar surface area (TPSA) is 72.2 Å². The lowest BCUT2D eigenvalue weighted by Crippen LogP contribution is -2.28. The number of hydrogen-bond acceptors (Lipinski definition) is 5. The standard InChI is InChI=1S/C15H14BrClN2O3S/c16-10-5-12-9(4-11(10)17)15(22)19(7-18-12)6-8(20)3-14-13(21)1-2-23-14/h4-5,7,13-14,21H,1-3,6H2. The van der Waals surface area contributed by atoms with E-state index in [2.05, 4.69) is 20.9 Å². The number of carbonyl (C=O) groups excluding carboxylic acids is 1. The maximum absolute atomic E-state index is 12.5. The van der Waals surface area contributed by atoms with Crippen molar-refractivity contribution in [3.63, 3.8) is 0 Å². The molecule has 0 spiro atoms. The van der Waals surface area contributed by atoms with E-state index < -0.39 is 6.10 Å². The van der Waals surface area contributed by atoms with Gasteiger partial charge in [0.15, 0.2) is 5.78 Å². The molecule has 1 aromatic carbocycles. The van der Waals surface area contributed by atoms with Crippen molar-refractivity contribution in [2.24, 2.45) is 0 Å². The average molecular weight is 418 g/mol. The van der Waals surface area contributed by atoms with Gasteiger partial charge >= 0.3 is 0 Å². The summed E-state index contributed by atoms with van der Waals surface area (Å²) in [7, 11) is 0. The fraction of sp³-hybridized carbons (Fsp3) is 0.400. The van der Waals surface area contributed by atoms with E-state index in [9.17, 15) is 14.7 Å². The van der Waals surface area contributed by atoms with E-state index in [1.165, 1.54) is 10.9 Å². The van der Waals surface area contributed by atoms with Crippen molar-refractivity contribution >= 4 is 56.0 Å². The van der Waals surface area contributed by atoms with Crippen molar-refractivity contribution < 1.29 is 9.90 Å². The van der Waals surface area contributed by atoms with E-state index >= 15 is 0 Å². The number of rotatable bonds is 4. The molecule has 1 aromatic heterocycles. The van der Waals surface area contributed by atoms with Crippen LogP contribution in [0, 0.1) is 0 Å². The predicted octanol–water partition coefficient (Wildman–Crippen LogP) is 2.64. The van der Waals surface area contributed by atoms with E-state index in [0.29, 0.717) is 26.8 Å². The van der Waals surface area contributed by atoms with Gasteiger partial charge < -0.3 is 5.11 Å². The number of benzene rings is 1. The molecule has 0 radical (unpaired) electrons. The summed E-state index contributed by atoms with van der Waals surface area (Å²) in [6, 6.07) is 3.23. The first kappa shape index (κ1) is 17.0. The molecule has 1 fully saturated rings. The van der Waals surface area contributed by atoms with Gasteiger partial charge in [-0.3, -0.25) is 14.2 Å². The van der Waals surface area contributed by atoms with Gasteiger partial charge in [0.05, 0.1) is 34.9 Å². The molecular weight excluding hydrogens is 404 g/mol. The first-order valence-corrected chi connectivity index (χ1v) is 9.33. The average Bonchev–Trinajstić information content (AvgIpc) is 2.89. The van der Waals surface area contributed by atoms with Crippen LogP contribution in [0.25, 0.3) is 10.9 Å². The lowest BCUT2D eigenvalue weighted by Gasteiger charge is -2.13. The minimum absolute atomic E-state index is 0.0424. The van der Waals surface area contributed by atoms with Crippen LogP contribution < -0.4 is 5.56 Å². The molecule has 1 saturated heterocycles. The molecule has 0 saturated carbocycles. The van der Waals surface area contributed by atoms with E-state index in [1.54, 1.807) is 23.9 Å². The number of fused-ring (bicyclic) bond motifs is 1. The smallest absolute Gasteiger partial charge is 0.261 e. The summed E-state index contributed by atoms with van der Waals surface area (Å²) in [5.41, 5.74) is 0.231. The summed E-state index contributed by atoms with van der Waals surface area (Å²) in [5, 5.41) is 10.5. The Hall–Kier alpha value is -0.890. The molecule has 2 heterocycles. The Kier molecular flexibility index (Phi) is 5.10. The van der Waals surface area contributed by atoms with Gasteiger partial charge in [0.1, 0.15) is 0 Å². The number of aliphatic hydroxyl groups excluding tert-OH is 1. The Morgan fingerprint density at radius 3 is 3.00 bits per heavy atom. The summed E-state index contributed by atoms with van der Waals surface area (Å²) in [6.07, 6.45) is 1.91. The van der Waals surface area contributed by atoms with Crippen molar-refractivity contribution in [1.82, 2.24) is 9.55 Å². The molecular formula is C15H14BrClN2O3S. The second-order valence-electron chi connectivity index (χ2n) is 5.47. The molecule has 1 aliphatic heterocycles. The highest BCUT2D eigenvalue weighted by Crippen LogP contribution is 2.29. The second-order valence-corrected chi connectivity index (χ2v) is 8.08. The molecule has 2 atom stereocenters. The first-order valence-electron chi connectivity index (χ1n) is 7.11. The molecule has 122 valence electrons. The number of thioether (sulfide) groups is 1. The van der Waals surface area contributed by atoms with Crippen molar-refractivity contribution in [3.8, 4) is 0 Å². The SMILES string of the molecule is O=C(CC1SCCC1O)Cn1cnc2cc(Br)c(Cl)cc2c1=O. The maximum atomic E-state index is 12.5. The molecule has 3 rings (SSSR count). The van der Waals surface area contributed by atoms with Crippen LogP contribution in [0.4, 0.5) is 0 Å². The van der Waals surface area contributed by atoms with E-state index in [0.717, 1.165) is 5.75 Å². The second kappa shape index (κ2) is 6.93. The van der Waals surface area contributed by atoms with Gasteiger partial charge in [-0.2, -0.15) is 11.8 Å². The molecule has 0 bridgehead atoms. The summed E-state index contributed by atoms with van der Waals surface area (Å²) in [4.78, 5) is 28.9. The van der Waals surface area contributed by atoms with Crippen LogP contribution in [0.1, 0.15) is 12.8 Å². The number of nitrogens with zero attached hydrogens (tertiary/aromatic N) is 2. The van der Waals surface area contributed by atoms with Crippen LogP contribution in [0.5, 0.6) is 0 Å². The predicted molar refractivity (Wildman–Crippen MR) is 95.2 cm³/mol. The Balaban J connectivity index is 1.83. The number of hydrogen-bond donors (Lipinski definition) is 1. The van der Waals surface area contributed by atoms with Crippen molar-refractivity contribution in [2.75, 3.05) is 5.75 Å². The summed E-state index contributed by atoms with van der Waals surface area (Å²) in [5.74, 6) is 0.777. The molecule has 2 aromatic rings. The number of aromatic nitrogens is 2. The molecule has 0 aliphatic carbocycles. The zero-order valence-electron chi connectivity index (χ0n) is 12.0. The van der Waals surface area contributed by atoms with Crippen LogP contribution in [-0.4, -0.2) is 37.5 Å². The monoisotopic (exact) mass is 416 g/mol. The number of halogens is 2. The van der Waals surface area contributed by atoms with Crippen molar-refractivity contribution in [3.05, 3.63) is 38.3 Å². The molecule has 23 heavy (non-hydrogen) atoms. The number of Topliss-reactive ketones (excluding diaryl/α,β-unsaturated/α-hetero) is 1. The van der Waals surface area contributed by atoms with Crippen LogP contribution in [0.3, 0.4) is 0 Å². The van der Waals surface area contributed by atoms with Gasteiger partial charge in [-0.15, -0.1) is 0 Å². The van der Waals surface area contributed by atoms with Crippen molar-refractivity contribution in [2.45, 2.75) is 30.7 Å². The highest BCUT2D eigenvalue weighted by atomic mass is 79.9. The first-order chi connectivity index (χ1) is 11.0. The normalized spacial score (nSPS) is 21.0. The van der Waals surface area contributed by atoms with Gasteiger partial charge in [-0.05, 0) is 40.2 Å². The zero-order valence-corrected chi connectivity index (χ0v) is 15.2.